The van der Waals surface area contributed by atoms with E-state index in [9.17, 15) is 27.2 Å². The summed E-state index contributed by atoms with van der Waals surface area (Å²) >= 11 is 0. The average Bonchev–Trinajstić information content (AvgIpc) is 3.58. The third kappa shape index (κ3) is 3.79. The minimum Gasteiger partial charge on any atom is -0.390 e. The van der Waals surface area contributed by atoms with Crippen molar-refractivity contribution in [2.75, 3.05) is 18.6 Å². The highest BCUT2D eigenvalue weighted by Crippen LogP contribution is 2.43. The second kappa shape index (κ2) is 7.98. The first-order valence-electron chi connectivity index (χ1n) is 10.3. The lowest BCUT2D eigenvalue weighted by Crippen LogP contribution is -2.33. The molecule has 0 unspecified atom stereocenters. The number of aryl methyl sites for hydroxylation is 1. The number of hydrogen-bond acceptors (Lipinski definition) is 5. The van der Waals surface area contributed by atoms with Crippen LogP contribution in [0.15, 0.2) is 40.1 Å². The number of aromatic nitrogens is 3. The van der Waals surface area contributed by atoms with Crippen LogP contribution in [0.3, 0.4) is 0 Å². The van der Waals surface area contributed by atoms with Gasteiger partial charge >= 0.3 is 0 Å². The number of anilines is 1. The van der Waals surface area contributed by atoms with Crippen LogP contribution in [-0.4, -0.2) is 32.7 Å². The Kier molecular flexibility index (Phi) is 5.55. The highest BCUT2D eigenvalue weighted by molar-refractivity contribution is 5.90. The van der Waals surface area contributed by atoms with Gasteiger partial charge in [0.25, 0.3) is 17.0 Å². The van der Waals surface area contributed by atoms with Crippen molar-refractivity contribution < 1.29 is 22.7 Å². The van der Waals surface area contributed by atoms with Gasteiger partial charge in [-0.05, 0) is 25.8 Å². The summed E-state index contributed by atoms with van der Waals surface area (Å²) in [5.41, 5.74) is -3.08. The van der Waals surface area contributed by atoms with E-state index in [4.69, 9.17) is 5.11 Å². The maximum atomic E-state index is 14.9. The molecule has 0 bridgehead atoms. The van der Waals surface area contributed by atoms with Gasteiger partial charge in [0.15, 0.2) is 5.82 Å². The summed E-state index contributed by atoms with van der Waals surface area (Å²) in [6, 6.07) is 3.69. The molecule has 4 rings (SSSR count). The van der Waals surface area contributed by atoms with Gasteiger partial charge in [0.1, 0.15) is 19.1 Å². The number of hydrogen-bond donors (Lipinski definition) is 2. The maximum Gasteiger partial charge on any atom is 0.298 e. The molecule has 1 aromatic carbocycles. The number of aliphatic hydroxyl groups is 1. The van der Waals surface area contributed by atoms with Crippen LogP contribution in [0.2, 0.25) is 0 Å². The molecule has 0 aliphatic heterocycles. The van der Waals surface area contributed by atoms with E-state index >= 15 is 0 Å². The molecule has 0 amide bonds. The Morgan fingerprint density at radius 3 is 2.58 bits per heavy atom. The molecule has 1 fully saturated rings. The summed E-state index contributed by atoms with van der Waals surface area (Å²) in [5, 5.41) is 16.3. The smallest absolute Gasteiger partial charge is 0.298 e. The van der Waals surface area contributed by atoms with Crippen molar-refractivity contribution in [2.24, 2.45) is 7.05 Å². The molecule has 33 heavy (non-hydrogen) atoms. The van der Waals surface area contributed by atoms with Crippen LogP contribution in [-0.2, 0) is 18.5 Å². The first kappa shape index (κ1) is 23.0. The van der Waals surface area contributed by atoms with Gasteiger partial charge in [0.2, 0.25) is 0 Å². The van der Waals surface area contributed by atoms with Crippen LogP contribution in [0.25, 0.3) is 10.8 Å². The molecule has 2 N–H and O–H groups in total. The lowest BCUT2D eigenvalue weighted by molar-refractivity contribution is -0.0583. The van der Waals surface area contributed by atoms with E-state index in [0.29, 0.717) is 12.8 Å². The van der Waals surface area contributed by atoms with Gasteiger partial charge in [-0.15, -0.1) is 0 Å². The predicted octanol–water partition coefficient (Wildman–Crippen LogP) is 2.95. The highest BCUT2D eigenvalue weighted by Gasteiger charge is 2.45. The summed E-state index contributed by atoms with van der Waals surface area (Å²) < 4.78 is 58.6. The van der Waals surface area contributed by atoms with Gasteiger partial charge in [-0.25, -0.2) is 13.5 Å². The van der Waals surface area contributed by atoms with E-state index in [0.717, 1.165) is 16.8 Å². The van der Waals surface area contributed by atoms with Crippen molar-refractivity contribution >= 4 is 16.6 Å². The summed E-state index contributed by atoms with van der Waals surface area (Å²) in [6.07, 6.45) is 2.31. The van der Waals surface area contributed by atoms with Crippen molar-refractivity contribution in [2.45, 2.75) is 37.3 Å². The van der Waals surface area contributed by atoms with Crippen molar-refractivity contribution in [1.29, 1.82) is 0 Å². The Bertz CT molecular complexity index is 1350. The van der Waals surface area contributed by atoms with E-state index in [2.05, 4.69) is 10.4 Å². The van der Waals surface area contributed by atoms with Gasteiger partial charge in [-0.2, -0.15) is 13.9 Å². The van der Waals surface area contributed by atoms with Crippen molar-refractivity contribution in [1.82, 2.24) is 14.3 Å². The van der Waals surface area contributed by atoms with Crippen molar-refractivity contribution in [3.63, 3.8) is 0 Å². The van der Waals surface area contributed by atoms with Crippen LogP contribution in [0, 0.1) is 5.82 Å². The maximum absolute atomic E-state index is 14.9. The zero-order valence-corrected chi connectivity index (χ0v) is 17.9. The van der Waals surface area contributed by atoms with E-state index in [1.54, 1.807) is 0 Å². The van der Waals surface area contributed by atoms with E-state index in [1.807, 2.05) is 0 Å². The van der Waals surface area contributed by atoms with Gasteiger partial charge in [-0.1, -0.05) is 12.1 Å². The minimum atomic E-state index is -3.76. The topological polar surface area (TPSA) is 89.2 Å². The molecular formula is C22H22F4N4O3. The molecule has 7 nitrogen and oxygen atoms in total. The summed E-state index contributed by atoms with van der Waals surface area (Å²) in [5.74, 6) is -4.85. The lowest BCUT2D eigenvalue weighted by atomic mass is 10.00. The fourth-order valence-corrected chi connectivity index (χ4v) is 3.92. The number of alkyl halides is 3. The minimum absolute atomic E-state index is 0.0409. The van der Waals surface area contributed by atoms with Crippen LogP contribution in [0.4, 0.5) is 23.4 Å². The molecule has 1 atom stereocenters. The monoisotopic (exact) mass is 466 g/mol. The molecular weight excluding hydrogens is 444 g/mol. The van der Waals surface area contributed by atoms with Gasteiger partial charge in [0, 0.05) is 30.3 Å². The molecule has 2 aromatic heterocycles. The number of pyridine rings is 1. The predicted molar refractivity (Wildman–Crippen MR) is 114 cm³/mol. The molecule has 2 heterocycles. The molecule has 0 spiro atoms. The molecule has 1 saturated carbocycles. The van der Waals surface area contributed by atoms with Crippen LogP contribution in [0.1, 0.15) is 36.9 Å². The average molecular weight is 466 g/mol. The summed E-state index contributed by atoms with van der Waals surface area (Å²) in [7, 11) is 1.37. The quantitative estimate of drug-likeness (QED) is 0.523. The molecule has 0 radical (unpaired) electrons. The number of fused-ring (bicyclic) bond motifs is 1. The van der Waals surface area contributed by atoms with E-state index in [-0.39, 0.29) is 22.2 Å². The first-order valence-corrected chi connectivity index (χ1v) is 10.3. The van der Waals surface area contributed by atoms with Crippen LogP contribution >= 0.6 is 0 Å². The van der Waals surface area contributed by atoms with Crippen LogP contribution < -0.4 is 16.4 Å². The second-order valence-electron chi connectivity index (χ2n) is 8.38. The third-order valence-electron chi connectivity index (χ3n) is 6.11. The Balaban J connectivity index is 1.82. The largest absolute Gasteiger partial charge is 0.390 e. The van der Waals surface area contributed by atoms with E-state index in [1.165, 1.54) is 36.9 Å². The zero-order chi connectivity index (χ0) is 24.1. The normalized spacial score (nSPS) is 16.1. The lowest BCUT2D eigenvalue weighted by Gasteiger charge is -2.22. The number of rotatable bonds is 7. The number of halogens is 4. The number of benzene rings is 1. The Labute approximate surface area is 185 Å². The molecule has 176 valence electrons. The fourth-order valence-electron chi connectivity index (χ4n) is 3.92. The highest BCUT2D eigenvalue weighted by atomic mass is 19.3. The Morgan fingerprint density at radius 1 is 1.27 bits per heavy atom. The van der Waals surface area contributed by atoms with Gasteiger partial charge < -0.3 is 15.0 Å². The SMILES string of the molecule is C[C@@H](Nc1nn(C)c(=O)c2cc(=O)n(C3(CF)CC3)cc12)c1cccc(C(F)(F)CO)c1F. The molecule has 1 aliphatic rings. The van der Waals surface area contributed by atoms with Gasteiger partial charge in [0.05, 0.1) is 22.5 Å². The standard InChI is InChI=1S/C22H22F4N4O3/c1-12(13-4-3-5-16(18(13)24)22(25,26)11-31)27-19-15-9-30(21(10-23)6-7-21)17(32)8-14(15)20(33)29(2)28-19/h3-5,8-9,12,31H,6-7,10-11H2,1-2H3,(H,27,28)/t12-/m1/s1. The zero-order valence-electron chi connectivity index (χ0n) is 17.9. The number of aliphatic hydroxyl groups excluding tert-OH is 1. The first-order chi connectivity index (χ1) is 15.5. The van der Waals surface area contributed by atoms with E-state index < -0.39 is 53.3 Å². The molecule has 1 aliphatic carbocycles. The summed E-state index contributed by atoms with van der Waals surface area (Å²) in [4.78, 5) is 25.1. The Hall–Kier alpha value is -3.21. The van der Waals surface area contributed by atoms with Crippen molar-refractivity contribution in [3.8, 4) is 0 Å². The van der Waals surface area contributed by atoms with Gasteiger partial charge in [-0.3, -0.25) is 9.59 Å². The molecule has 3 aromatic rings. The molecule has 11 heteroatoms. The Morgan fingerprint density at radius 2 is 1.97 bits per heavy atom. The van der Waals surface area contributed by atoms with Crippen molar-refractivity contribution in [3.05, 3.63) is 68.1 Å². The van der Waals surface area contributed by atoms with Crippen LogP contribution in [0.5, 0.6) is 0 Å². The third-order valence-corrected chi connectivity index (χ3v) is 6.11. The molecule has 0 saturated heterocycles. The fraction of sp³-hybridized carbons (Fsp3) is 0.409. The summed E-state index contributed by atoms with van der Waals surface area (Å²) in [6.45, 7) is -0.777. The second-order valence-corrected chi connectivity index (χ2v) is 8.38. The number of nitrogens with zero attached hydrogens (tertiary/aromatic N) is 3. The number of nitrogens with one attached hydrogen (secondary N) is 1.